The second-order valence-corrected chi connectivity index (χ2v) is 6.52. The van der Waals surface area contributed by atoms with Gasteiger partial charge in [0.05, 0.1) is 0 Å². The molecule has 8 heteroatoms. The van der Waals surface area contributed by atoms with Crippen molar-refractivity contribution in [1.82, 2.24) is 29.9 Å². The summed E-state index contributed by atoms with van der Waals surface area (Å²) in [7, 11) is 1.99. The van der Waals surface area contributed by atoms with Gasteiger partial charge >= 0.3 is 0 Å². The number of aryl methyl sites for hydroxylation is 1. The Morgan fingerprint density at radius 1 is 1.25 bits per heavy atom. The molecule has 0 aliphatic carbocycles. The molecule has 2 aliphatic heterocycles. The number of aliphatic imine (C=N–C) groups is 1. The van der Waals surface area contributed by atoms with Gasteiger partial charge in [0.2, 0.25) is 0 Å². The summed E-state index contributed by atoms with van der Waals surface area (Å²) in [6, 6.07) is 0.693. The van der Waals surface area contributed by atoms with Crippen molar-refractivity contribution in [3.63, 3.8) is 0 Å². The van der Waals surface area contributed by atoms with Crippen LogP contribution in [0, 0.1) is 6.92 Å². The third-order valence-corrected chi connectivity index (χ3v) is 5.01. The summed E-state index contributed by atoms with van der Waals surface area (Å²) >= 11 is 0. The number of nitrogens with one attached hydrogen (secondary N) is 1. The Balaban J connectivity index is 0.00000208. The fraction of sp³-hybridized carbons (Fsp3) is 0.812. The number of halogens is 1. The van der Waals surface area contributed by atoms with Crippen LogP contribution in [0.5, 0.6) is 0 Å². The monoisotopic (exact) mass is 447 g/mol. The zero-order chi connectivity index (χ0) is 16.2. The first kappa shape index (κ1) is 19.4. The van der Waals surface area contributed by atoms with Crippen LogP contribution in [0.2, 0.25) is 0 Å². The molecule has 1 N–H and O–H groups in total. The molecule has 136 valence electrons. The fourth-order valence-electron chi connectivity index (χ4n) is 3.50. The van der Waals surface area contributed by atoms with Crippen molar-refractivity contribution < 1.29 is 0 Å². The van der Waals surface area contributed by atoms with Crippen molar-refractivity contribution in [2.45, 2.75) is 45.7 Å². The lowest BCUT2D eigenvalue weighted by Gasteiger charge is -2.25. The number of aromatic nitrogens is 3. The minimum Gasteiger partial charge on any atom is -0.357 e. The molecule has 3 heterocycles. The van der Waals surface area contributed by atoms with Crippen LogP contribution < -0.4 is 5.32 Å². The third-order valence-electron chi connectivity index (χ3n) is 5.01. The van der Waals surface area contributed by atoms with Crippen LogP contribution in [0.3, 0.4) is 0 Å². The highest BCUT2D eigenvalue weighted by molar-refractivity contribution is 14.0. The lowest BCUT2D eigenvalue weighted by molar-refractivity contribution is 0.249. The number of likely N-dealkylation sites (tertiary alicyclic amines) is 2. The van der Waals surface area contributed by atoms with E-state index in [0.717, 1.165) is 37.2 Å². The number of hydrogen-bond donors (Lipinski definition) is 1. The van der Waals surface area contributed by atoms with Gasteiger partial charge in [0.15, 0.2) is 11.8 Å². The Bertz CT molecular complexity index is 551. The first-order valence-corrected chi connectivity index (χ1v) is 8.81. The summed E-state index contributed by atoms with van der Waals surface area (Å²) in [6.07, 6.45) is 3.96. The summed E-state index contributed by atoms with van der Waals surface area (Å²) in [6.45, 7) is 10.3. The third kappa shape index (κ3) is 4.38. The molecule has 1 atom stereocenters. The van der Waals surface area contributed by atoms with E-state index in [1.807, 2.05) is 18.5 Å². The average molecular weight is 447 g/mol. The normalized spacial score (nSPS) is 22.0. The van der Waals surface area contributed by atoms with Gasteiger partial charge in [-0.25, -0.2) is 4.99 Å². The molecule has 0 radical (unpaired) electrons. The highest BCUT2D eigenvalue weighted by Gasteiger charge is 2.30. The molecular weight excluding hydrogens is 417 g/mol. The lowest BCUT2D eigenvalue weighted by atomic mass is 10.2. The molecule has 0 aromatic carbocycles. The molecule has 3 rings (SSSR count). The lowest BCUT2D eigenvalue weighted by Crippen LogP contribution is -2.42. The van der Waals surface area contributed by atoms with Crippen LogP contribution in [-0.4, -0.2) is 69.3 Å². The van der Waals surface area contributed by atoms with Crippen LogP contribution in [0.15, 0.2) is 4.99 Å². The van der Waals surface area contributed by atoms with Crippen LogP contribution in [0.1, 0.15) is 37.8 Å². The smallest absolute Gasteiger partial charge is 0.194 e. The van der Waals surface area contributed by atoms with Crippen molar-refractivity contribution in [3.05, 3.63) is 11.6 Å². The van der Waals surface area contributed by atoms with Gasteiger partial charge in [0, 0.05) is 32.7 Å². The Kier molecular flexibility index (Phi) is 7.27. The van der Waals surface area contributed by atoms with Crippen LogP contribution in [-0.2, 0) is 13.6 Å². The second kappa shape index (κ2) is 8.98. The van der Waals surface area contributed by atoms with Gasteiger partial charge in [0.1, 0.15) is 12.4 Å². The molecular formula is C16H30IN7. The Hall–Kier alpha value is -0.900. The average Bonchev–Trinajstić information content (AvgIpc) is 3.27. The predicted molar refractivity (Wildman–Crippen MR) is 107 cm³/mol. The predicted octanol–water partition coefficient (Wildman–Crippen LogP) is 1.38. The first-order chi connectivity index (χ1) is 11.2. The minimum atomic E-state index is 0. The largest absolute Gasteiger partial charge is 0.357 e. The molecule has 1 aromatic rings. The molecule has 2 saturated heterocycles. The molecule has 0 saturated carbocycles. The zero-order valence-electron chi connectivity index (χ0n) is 15.0. The van der Waals surface area contributed by atoms with Gasteiger partial charge < -0.3 is 14.8 Å². The number of rotatable bonds is 4. The Morgan fingerprint density at radius 3 is 2.62 bits per heavy atom. The van der Waals surface area contributed by atoms with Crippen molar-refractivity contribution >= 4 is 29.9 Å². The topological polar surface area (TPSA) is 61.6 Å². The molecule has 2 aliphatic rings. The van der Waals surface area contributed by atoms with E-state index in [2.05, 4.69) is 32.2 Å². The van der Waals surface area contributed by atoms with E-state index in [1.165, 1.54) is 32.4 Å². The SMILES string of the molecule is CCNC(=NCc1nnc(C)n1C)N1CCC(N2CCCC2)C1.I. The van der Waals surface area contributed by atoms with Crippen molar-refractivity contribution in [2.24, 2.45) is 12.0 Å². The molecule has 0 bridgehead atoms. The first-order valence-electron chi connectivity index (χ1n) is 8.81. The standard InChI is InChI=1S/C16H29N7.HI/c1-4-17-16(18-11-15-20-19-13(2)21(15)3)23-10-7-14(12-23)22-8-5-6-9-22;/h14H,4-12H2,1-3H3,(H,17,18);1H. The maximum absolute atomic E-state index is 4.79. The van der Waals surface area contributed by atoms with E-state index in [0.29, 0.717) is 12.6 Å². The number of nitrogens with zero attached hydrogens (tertiary/aromatic N) is 6. The van der Waals surface area contributed by atoms with Gasteiger partial charge in [-0.2, -0.15) is 0 Å². The van der Waals surface area contributed by atoms with Crippen LogP contribution in [0.4, 0.5) is 0 Å². The van der Waals surface area contributed by atoms with E-state index < -0.39 is 0 Å². The van der Waals surface area contributed by atoms with E-state index in [4.69, 9.17) is 4.99 Å². The highest BCUT2D eigenvalue weighted by atomic mass is 127. The molecule has 24 heavy (non-hydrogen) atoms. The van der Waals surface area contributed by atoms with Gasteiger partial charge in [-0.15, -0.1) is 34.2 Å². The van der Waals surface area contributed by atoms with Crippen LogP contribution in [0.25, 0.3) is 0 Å². The summed E-state index contributed by atoms with van der Waals surface area (Å²) in [5.74, 6) is 2.85. The minimum absolute atomic E-state index is 0. The molecule has 2 fully saturated rings. The maximum atomic E-state index is 4.79. The molecule has 1 unspecified atom stereocenters. The highest BCUT2D eigenvalue weighted by Crippen LogP contribution is 2.20. The number of guanidine groups is 1. The molecule has 1 aromatic heterocycles. The molecule has 0 spiro atoms. The summed E-state index contributed by atoms with van der Waals surface area (Å²) < 4.78 is 2.00. The van der Waals surface area contributed by atoms with Gasteiger partial charge in [-0.3, -0.25) is 4.90 Å². The Labute approximate surface area is 161 Å². The maximum Gasteiger partial charge on any atom is 0.194 e. The van der Waals surface area contributed by atoms with Gasteiger partial charge in [-0.05, 0) is 46.2 Å². The quantitative estimate of drug-likeness (QED) is 0.430. The summed E-state index contributed by atoms with van der Waals surface area (Å²) in [4.78, 5) is 9.84. The van der Waals surface area contributed by atoms with E-state index in [-0.39, 0.29) is 24.0 Å². The fourth-order valence-corrected chi connectivity index (χ4v) is 3.50. The second-order valence-electron chi connectivity index (χ2n) is 6.52. The van der Waals surface area contributed by atoms with E-state index >= 15 is 0 Å². The number of hydrogen-bond acceptors (Lipinski definition) is 4. The van der Waals surface area contributed by atoms with Crippen molar-refractivity contribution in [1.29, 1.82) is 0 Å². The van der Waals surface area contributed by atoms with Gasteiger partial charge in [0.25, 0.3) is 0 Å². The van der Waals surface area contributed by atoms with E-state index in [9.17, 15) is 0 Å². The molecule has 7 nitrogen and oxygen atoms in total. The molecule has 0 amide bonds. The summed E-state index contributed by atoms with van der Waals surface area (Å²) in [5.41, 5.74) is 0. The zero-order valence-corrected chi connectivity index (χ0v) is 17.4. The van der Waals surface area contributed by atoms with Gasteiger partial charge in [-0.1, -0.05) is 0 Å². The summed E-state index contributed by atoms with van der Waals surface area (Å²) in [5, 5.41) is 11.7. The van der Waals surface area contributed by atoms with Crippen molar-refractivity contribution in [3.8, 4) is 0 Å². The van der Waals surface area contributed by atoms with Crippen molar-refractivity contribution in [2.75, 3.05) is 32.7 Å². The van der Waals surface area contributed by atoms with E-state index in [1.54, 1.807) is 0 Å². The van der Waals surface area contributed by atoms with Crippen LogP contribution >= 0.6 is 24.0 Å². The Morgan fingerprint density at radius 2 is 2.00 bits per heavy atom.